The van der Waals surface area contributed by atoms with Crippen molar-refractivity contribution in [1.82, 2.24) is 9.55 Å². The second-order valence-electron chi connectivity index (χ2n) is 5.73. The zero-order chi connectivity index (χ0) is 14.8. The fourth-order valence-corrected chi connectivity index (χ4v) is 2.05. The lowest BCUT2D eigenvalue weighted by molar-refractivity contribution is 0.382. The van der Waals surface area contributed by atoms with Crippen LogP contribution in [0.3, 0.4) is 0 Å². The van der Waals surface area contributed by atoms with Crippen molar-refractivity contribution in [3.63, 3.8) is 0 Å². The van der Waals surface area contributed by atoms with Crippen LogP contribution in [-0.2, 0) is 5.54 Å². The van der Waals surface area contributed by atoms with Crippen LogP contribution in [0, 0.1) is 0 Å². The zero-order valence-corrected chi connectivity index (χ0v) is 13.0. The molecule has 0 aliphatic rings. The van der Waals surface area contributed by atoms with Crippen molar-refractivity contribution >= 4 is 23.0 Å². The fourth-order valence-electron chi connectivity index (χ4n) is 1.81. The Kier molecular flexibility index (Phi) is 4.68. The van der Waals surface area contributed by atoms with Crippen molar-refractivity contribution in [2.75, 3.05) is 11.9 Å². The van der Waals surface area contributed by atoms with Crippen molar-refractivity contribution in [1.29, 1.82) is 0 Å². The molecule has 1 heterocycles. The third kappa shape index (κ3) is 3.76. The molecule has 0 radical (unpaired) electrons. The van der Waals surface area contributed by atoms with Gasteiger partial charge in [-0.3, -0.25) is 4.79 Å². The molecule has 1 rings (SSSR count). The number of aromatic nitrogens is 2. The Morgan fingerprint density at radius 2 is 2.16 bits per heavy atom. The maximum atomic E-state index is 12.4. The van der Waals surface area contributed by atoms with E-state index in [1.54, 1.807) is 17.0 Å². The topological polar surface area (TPSA) is 64.2 Å². The summed E-state index contributed by atoms with van der Waals surface area (Å²) in [7, 11) is 1.83. The summed E-state index contributed by atoms with van der Waals surface area (Å²) in [5, 5.41) is 0. The summed E-state index contributed by atoms with van der Waals surface area (Å²) in [6, 6.07) is 0.0357. The van der Waals surface area contributed by atoms with Crippen LogP contribution in [0.1, 0.15) is 34.1 Å². The lowest BCUT2D eigenvalue weighted by Gasteiger charge is -2.28. The first-order valence-corrected chi connectivity index (χ1v) is 6.64. The summed E-state index contributed by atoms with van der Waals surface area (Å²) >= 11 is 4.91. The number of anilines is 1. The van der Waals surface area contributed by atoms with E-state index in [1.165, 1.54) is 0 Å². The maximum Gasteiger partial charge on any atom is 0.293 e. The van der Waals surface area contributed by atoms with Gasteiger partial charge in [-0.25, -0.2) is 4.98 Å². The van der Waals surface area contributed by atoms with E-state index in [1.807, 2.05) is 39.6 Å². The second-order valence-corrected chi connectivity index (χ2v) is 6.25. The molecule has 5 nitrogen and oxygen atoms in total. The van der Waals surface area contributed by atoms with Gasteiger partial charge in [-0.2, -0.15) is 0 Å². The summed E-state index contributed by atoms with van der Waals surface area (Å²) in [6.07, 6.45) is 3.90. The van der Waals surface area contributed by atoms with Gasteiger partial charge in [0.1, 0.15) is 0 Å². The summed E-state index contributed by atoms with van der Waals surface area (Å²) in [6.45, 7) is 7.92. The molecule has 2 N–H and O–H groups in total. The SMILES string of the molecule is CC(CC(N)=S)N(C)c1nccn(C(C)(C)C)c1=O. The van der Waals surface area contributed by atoms with Crippen molar-refractivity contribution in [3.05, 3.63) is 22.7 Å². The summed E-state index contributed by atoms with van der Waals surface area (Å²) in [5.74, 6) is 0.418. The number of thiocarbonyl (C=S) groups is 1. The molecule has 1 unspecified atom stereocenters. The maximum absolute atomic E-state index is 12.4. The molecular weight excluding hydrogens is 260 g/mol. The number of hydrogen-bond acceptors (Lipinski definition) is 4. The number of rotatable bonds is 4. The van der Waals surface area contributed by atoms with Gasteiger partial charge < -0.3 is 15.2 Å². The average Bonchev–Trinajstić information content (AvgIpc) is 2.25. The molecule has 0 saturated heterocycles. The highest BCUT2D eigenvalue weighted by atomic mass is 32.1. The summed E-state index contributed by atoms with van der Waals surface area (Å²) in [4.78, 5) is 18.9. The van der Waals surface area contributed by atoms with Crippen LogP contribution >= 0.6 is 12.2 Å². The Labute approximate surface area is 119 Å². The van der Waals surface area contributed by atoms with Crippen LogP contribution in [0.4, 0.5) is 5.82 Å². The first-order valence-electron chi connectivity index (χ1n) is 6.24. The number of hydrogen-bond donors (Lipinski definition) is 1. The zero-order valence-electron chi connectivity index (χ0n) is 12.2. The van der Waals surface area contributed by atoms with Crippen LogP contribution in [0.2, 0.25) is 0 Å². The molecule has 6 heteroatoms. The van der Waals surface area contributed by atoms with Gasteiger partial charge >= 0.3 is 0 Å². The van der Waals surface area contributed by atoms with Gasteiger partial charge in [-0.05, 0) is 27.7 Å². The molecule has 1 aromatic heterocycles. The molecule has 0 aliphatic carbocycles. The van der Waals surface area contributed by atoms with Crippen LogP contribution in [0.25, 0.3) is 0 Å². The highest BCUT2D eigenvalue weighted by Crippen LogP contribution is 2.14. The van der Waals surface area contributed by atoms with Crippen molar-refractivity contribution < 1.29 is 0 Å². The van der Waals surface area contributed by atoms with Crippen LogP contribution in [0.15, 0.2) is 17.2 Å². The van der Waals surface area contributed by atoms with E-state index in [9.17, 15) is 4.79 Å². The number of nitrogens with two attached hydrogens (primary N) is 1. The van der Waals surface area contributed by atoms with Gasteiger partial charge in [0.25, 0.3) is 5.56 Å². The lowest BCUT2D eigenvalue weighted by atomic mass is 10.1. The first-order chi connectivity index (χ1) is 8.64. The molecule has 1 atom stereocenters. The highest BCUT2D eigenvalue weighted by Gasteiger charge is 2.20. The predicted octanol–water partition coefficient (Wildman–Crippen LogP) is 1.50. The van der Waals surface area contributed by atoms with E-state index in [2.05, 4.69) is 4.98 Å². The minimum atomic E-state index is -0.276. The molecule has 19 heavy (non-hydrogen) atoms. The number of nitrogens with zero attached hydrogens (tertiary/aromatic N) is 3. The molecule has 0 aliphatic heterocycles. The molecule has 0 bridgehead atoms. The molecule has 106 valence electrons. The van der Waals surface area contributed by atoms with Crippen LogP contribution in [0.5, 0.6) is 0 Å². The average molecular weight is 282 g/mol. The van der Waals surface area contributed by atoms with Crippen molar-refractivity contribution in [2.45, 2.75) is 45.7 Å². The van der Waals surface area contributed by atoms with Gasteiger partial charge in [-0.15, -0.1) is 0 Å². The van der Waals surface area contributed by atoms with E-state index >= 15 is 0 Å². The molecule has 0 amide bonds. The Morgan fingerprint density at radius 1 is 1.58 bits per heavy atom. The van der Waals surface area contributed by atoms with Gasteiger partial charge in [0, 0.05) is 37.4 Å². The second kappa shape index (κ2) is 5.69. The molecule has 1 aromatic rings. The monoisotopic (exact) mass is 282 g/mol. The third-order valence-electron chi connectivity index (χ3n) is 3.04. The van der Waals surface area contributed by atoms with Gasteiger partial charge in [0.2, 0.25) is 0 Å². The Hall–Kier alpha value is -1.43. The smallest absolute Gasteiger partial charge is 0.293 e. The molecule has 0 aromatic carbocycles. The van der Waals surface area contributed by atoms with Crippen molar-refractivity contribution in [2.24, 2.45) is 5.73 Å². The molecule has 0 fully saturated rings. The summed E-state index contributed by atoms with van der Waals surface area (Å²) < 4.78 is 1.68. The fraction of sp³-hybridized carbons (Fsp3) is 0.615. The van der Waals surface area contributed by atoms with Gasteiger partial charge in [0.05, 0.1) is 4.99 Å². The Balaban J connectivity index is 3.15. The van der Waals surface area contributed by atoms with Crippen LogP contribution < -0.4 is 16.2 Å². The van der Waals surface area contributed by atoms with E-state index in [0.29, 0.717) is 17.2 Å². The third-order valence-corrected chi connectivity index (χ3v) is 3.20. The quantitative estimate of drug-likeness (QED) is 0.848. The minimum Gasteiger partial charge on any atom is -0.393 e. The van der Waals surface area contributed by atoms with E-state index < -0.39 is 0 Å². The van der Waals surface area contributed by atoms with Gasteiger partial charge in [0.15, 0.2) is 5.82 Å². The summed E-state index contributed by atoms with van der Waals surface area (Å²) in [5.41, 5.74) is 5.17. The Morgan fingerprint density at radius 3 is 2.63 bits per heavy atom. The molecular formula is C13H22N4OS. The van der Waals surface area contributed by atoms with E-state index in [4.69, 9.17) is 18.0 Å². The van der Waals surface area contributed by atoms with E-state index in [0.717, 1.165) is 0 Å². The minimum absolute atomic E-state index is 0.0357. The largest absolute Gasteiger partial charge is 0.393 e. The standard InChI is InChI=1S/C13H22N4OS/c1-9(8-10(14)19)16(5)11-12(18)17(7-6-15-11)13(2,3)4/h6-7,9H,8H2,1-5H3,(H2,14,19). The molecule has 0 saturated carbocycles. The van der Waals surface area contributed by atoms with Gasteiger partial charge in [-0.1, -0.05) is 12.2 Å². The Bertz CT molecular complexity index is 518. The highest BCUT2D eigenvalue weighted by molar-refractivity contribution is 7.80. The predicted molar refractivity (Wildman–Crippen MR) is 82.8 cm³/mol. The normalized spacial score (nSPS) is 13.1. The first kappa shape index (κ1) is 15.6. The van der Waals surface area contributed by atoms with E-state index in [-0.39, 0.29) is 17.1 Å². The molecule has 0 spiro atoms. The lowest BCUT2D eigenvalue weighted by Crippen LogP contribution is -2.41. The van der Waals surface area contributed by atoms with Crippen molar-refractivity contribution in [3.8, 4) is 0 Å². The van der Waals surface area contributed by atoms with Crippen LogP contribution in [-0.4, -0.2) is 27.6 Å².